The highest BCUT2D eigenvalue weighted by atomic mass is 16.4. The zero-order chi connectivity index (χ0) is 10.2. The molecule has 3 heteroatoms. The molecule has 1 aromatic rings. The second-order valence-corrected chi connectivity index (χ2v) is 2.93. The number of hydrogen-bond donors (Lipinski definition) is 1. The predicted octanol–water partition coefficient (Wildman–Crippen LogP) is 1.74. The Balaban J connectivity index is 2.20. The lowest BCUT2D eigenvalue weighted by Crippen LogP contribution is -2.14. The van der Waals surface area contributed by atoms with Gasteiger partial charge in [0.2, 0.25) is 5.89 Å². The molecule has 0 fully saturated rings. The van der Waals surface area contributed by atoms with Gasteiger partial charge in [0, 0.05) is 19.4 Å². The van der Waals surface area contributed by atoms with Crippen LogP contribution in [0.5, 0.6) is 0 Å². The van der Waals surface area contributed by atoms with Gasteiger partial charge in [-0.15, -0.1) is 11.8 Å². The minimum Gasteiger partial charge on any atom is -0.444 e. The average Bonchev–Trinajstić information content (AvgIpc) is 2.65. The third-order valence-corrected chi connectivity index (χ3v) is 1.83. The van der Waals surface area contributed by atoms with Gasteiger partial charge in [0.05, 0.1) is 12.7 Å². The van der Waals surface area contributed by atoms with Crippen molar-refractivity contribution in [1.82, 2.24) is 10.3 Å². The molecule has 0 spiro atoms. The van der Waals surface area contributed by atoms with Crippen molar-refractivity contribution < 1.29 is 4.42 Å². The van der Waals surface area contributed by atoms with Crippen LogP contribution in [0.1, 0.15) is 31.9 Å². The Bertz CT molecular complexity index is 320. The van der Waals surface area contributed by atoms with E-state index in [1.807, 2.05) is 6.92 Å². The van der Waals surface area contributed by atoms with E-state index in [9.17, 15) is 0 Å². The Hall–Kier alpha value is -1.27. The summed E-state index contributed by atoms with van der Waals surface area (Å²) in [6.45, 7) is 5.46. The third kappa shape index (κ3) is 3.63. The van der Waals surface area contributed by atoms with Gasteiger partial charge in [-0.1, -0.05) is 6.92 Å². The van der Waals surface area contributed by atoms with E-state index in [4.69, 9.17) is 4.42 Å². The van der Waals surface area contributed by atoms with Crippen molar-refractivity contribution >= 4 is 0 Å². The van der Waals surface area contributed by atoms with E-state index in [0.29, 0.717) is 6.54 Å². The SMILES string of the molecule is CC#CCCNCc1ncc(CC)o1. The third-order valence-electron chi connectivity index (χ3n) is 1.83. The molecule has 0 saturated heterocycles. The molecule has 0 aliphatic carbocycles. The van der Waals surface area contributed by atoms with Gasteiger partial charge in [0.1, 0.15) is 5.76 Å². The lowest BCUT2D eigenvalue weighted by molar-refractivity contribution is 0.441. The van der Waals surface area contributed by atoms with Crippen LogP contribution in [0.3, 0.4) is 0 Å². The number of aryl methyl sites for hydroxylation is 1. The molecule has 0 saturated carbocycles. The van der Waals surface area contributed by atoms with E-state index in [1.54, 1.807) is 6.20 Å². The lowest BCUT2D eigenvalue weighted by atomic mass is 10.4. The second-order valence-electron chi connectivity index (χ2n) is 2.93. The van der Waals surface area contributed by atoms with Crippen LogP contribution in [-0.4, -0.2) is 11.5 Å². The molecule has 0 aromatic carbocycles. The molecule has 1 rings (SSSR count). The molecular formula is C11H16N2O. The molecule has 1 aromatic heterocycles. The zero-order valence-corrected chi connectivity index (χ0v) is 8.76. The first-order valence-electron chi connectivity index (χ1n) is 4.90. The Morgan fingerprint density at radius 3 is 3.07 bits per heavy atom. The number of nitrogens with zero attached hydrogens (tertiary/aromatic N) is 1. The van der Waals surface area contributed by atoms with Gasteiger partial charge in [-0.2, -0.15) is 0 Å². The molecule has 14 heavy (non-hydrogen) atoms. The fourth-order valence-electron chi connectivity index (χ4n) is 1.06. The highest BCUT2D eigenvalue weighted by molar-refractivity contribution is 4.96. The molecule has 1 N–H and O–H groups in total. The van der Waals surface area contributed by atoms with Crippen molar-refractivity contribution in [1.29, 1.82) is 0 Å². The van der Waals surface area contributed by atoms with Crippen LogP contribution in [-0.2, 0) is 13.0 Å². The molecule has 0 amide bonds. The van der Waals surface area contributed by atoms with E-state index in [0.717, 1.165) is 31.0 Å². The molecule has 3 nitrogen and oxygen atoms in total. The van der Waals surface area contributed by atoms with Crippen LogP contribution >= 0.6 is 0 Å². The number of aromatic nitrogens is 1. The number of nitrogens with one attached hydrogen (secondary N) is 1. The van der Waals surface area contributed by atoms with Gasteiger partial charge < -0.3 is 9.73 Å². The highest BCUT2D eigenvalue weighted by Crippen LogP contribution is 2.03. The fraction of sp³-hybridized carbons (Fsp3) is 0.545. The Kier molecular flexibility index (Phi) is 4.81. The van der Waals surface area contributed by atoms with Crippen molar-refractivity contribution in [2.24, 2.45) is 0 Å². The van der Waals surface area contributed by atoms with Crippen molar-refractivity contribution in [3.05, 3.63) is 17.8 Å². The van der Waals surface area contributed by atoms with E-state index < -0.39 is 0 Å². The molecule has 0 atom stereocenters. The van der Waals surface area contributed by atoms with E-state index in [-0.39, 0.29) is 0 Å². The predicted molar refractivity (Wildman–Crippen MR) is 55.7 cm³/mol. The molecule has 0 bridgehead atoms. The van der Waals surface area contributed by atoms with Gasteiger partial charge >= 0.3 is 0 Å². The maximum atomic E-state index is 5.43. The number of hydrogen-bond acceptors (Lipinski definition) is 3. The maximum Gasteiger partial charge on any atom is 0.208 e. The summed E-state index contributed by atoms with van der Waals surface area (Å²) in [5.41, 5.74) is 0. The minimum absolute atomic E-state index is 0.686. The molecule has 0 aliphatic heterocycles. The molecule has 0 aliphatic rings. The molecule has 0 radical (unpaired) electrons. The lowest BCUT2D eigenvalue weighted by Gasteiger charge is -1.96. The topological polar surface area (TPSA) is 38.1 Å². The summed E-state index contributed by atoms with van der Waals surface area (Å²) in [5.74, 6) is 7.53. The Labute approximate surface area is 84.9 Å². The van der Waals surface area contributed by atoms with Crippen molar-refractivity contribution in [3.8, 4) is 11.8 Å². The van der Waals surface area contributed by atoms with Gasteiger partial charge in [-0.3, -0.25) is 0 Å². The van der Waals surface area contributed by atoms with E-state index in [1.165, 1.54) is 0 Å². The van der Waals surface area contributed by atoms with Gasteiger partial charge in [0.15, 0.2) is 0 Å². The fourth-order valence-corrected chi connectivity index (χ4v) is 1.06. The standard InChI is InChI=1S/C11H16N2O/c1-3-5-6-7-12-9-11-13-8-10(4-2)14-11/h8,12H,4,6-7,9H2,1-2H3. The smallest absolute Gasteiger partial charge is 0.208 e. The van der Waals surface area contributed by atoms with Crippen LogP contribution in [0.25, 0.3) is 0 Å². The molecule has 0 unspecified atom stereocenters. The zero-order valence-electron chi connectivity index (χ0n) is 8.76. The number of oxazole rings is 1. The summed E-state index contributed by atoms with van der Waals surface area (Å²) < 4.78 is 5.43. The largest absolute Gasteiger partial charge is 0.444 e. The summed E-state index contributed by atoms with van der Waals surface area (Å²) in [6, 6.07) is 0. The van der Waals surface area contributed by atoms with Crippen LogP contribution in [0.4, 0.5) is 0 Å². The van der Waals surface area contributed by atoms with Crippen LogP contribution in [0, 0.1) is 11.8 Å². The summed E-state index contributed by atoms with van der Waals surface area (Å²) >= 11 is 0. The molecule has 1 heterocycles. The van der Waals surface area contributed by atoms with Gasteiger partial charge in [-0.25, -0.2) is 4.98 Å². The quantitative estimate of drug-likeness (QED) is 0.570. The highest BCUT2D eigenvalue weighted by Gasteiger charge is 2.00. The van der Waals surface area contributed by atoms with Crippen molar-refractivity contribution in [2.45, 2.75) is 33.2 Å². The first-order valence-corrected chi connectivity index (χ1v) is 4.90. The monoisotopic (exact) mass is 192 g/mol. The van der Waals surface area contributed by atoms with Crippen LogP contribution in [0.15, 0.2) is 10.6 Å². The van der Waals surface area contributed by atoms with E-state index in [2.05, 4.69) is 29.1 Å². The summed E-state index contributed by atoms with van der Waals surface area (Å²) in [4.78, 5) is 4.14. The second kappa shape index (κ2) is 6.22. The van der Waals surface area contributed by atoms with Gasteiger partial charge in [-0.05, 0) is 6.92 Å². The first kappa shape index (κ1) is 10.8. The van der Waals surface area contributed by atoms with Crippen molar-refractivity contribution in [3.63, 3.8) is 0 Å². The Morgan fingerprint density at radius 2 is 2.43 bits per heavy atom. The maximum absolute atomic E-state index is 5.43. The summed E-state index contributed by atoms with van der Waals surface area (Å²) in [7, 11) is 0. The Morgan fingerprint density at radius 1 is 1.57 bits per heavy atom. The molecule has 76 valence electrons. The summed E-state index contributed by atoms with van der Waals surface area (Å²) in [6.07, 6.45) is 3.55. The minimum atomic E-state index is 0.686. The number of rotatable bonds is 5. The average molecular weight is 192 g/mol. The normalized spacial score (nSPS) is 9.57. The van der Waals surface area contributed by atoms with E-state index >= 15 is 0 Å². The van der Waals surface area contributed by atoms with Crippen molar-refractivity contribution in [2.75, 3.05) is 6.54 Å². The summed E-state index contributed by atoms with van der Waals surface area (Å²) in [5, 5.41) is 3.22. The molecular weight excluding hydrogens is 176 g/mol. The van der Waals surface area contributed by atoms with Crippen LogP contribution < -0.4 is 5.32 Å². The van der Waals surface area contributed by atoms with Gasteiger partial charge in [0.25, 0.3) is 0 Å². The van der Waals surface area contributed by atoms with Crippen LogP contribution in [0.2, 0.25) is 0 Å². The first-order chi connectivity index (χ1) is 6.86.